The normalized spacial score (nSPS) is 12.4. The predicted octanol–water partition coefficient (Wildman–Crippen LogP) is 2.72. The molecule has 0 aliphatic carbocycles. The summed E-state index contributed by atoms with van der Waals surface area (Å²) in [5, 5.41) is 7.16. The third-order valence-electron chi connectivity index (χ3n) is 2.44. The summed E-state index contributed by atoms with van der Waals surface area (Å²) in [6, 6.07) is 1.24. The average molecular weight is 295 g/mol. The molecule has 5 nitrogen and oxygen atoms in total. The van der Waals surface area contributed by atoms with E-state index >= 15 is 0 Å². The highest BCUT2D eigenvalue weighted by Crippen LogP contribution is 2.24. The molecule has 0 unspecified atom stereocenters. The van der Waals surface area contributed by atoms with Crippen LogP contribution in [0.4, 0.5) is 22.0 Å². The second kappa shape index (κ2) is 4.84. The lowest BCUT2D eigenvalue weighted by Gasteiger charge is -2.07. The van der Waals surface area contributed by atoms with E-state index in [0.29, 0.717) is 9.36 Å². The summed E-state index contributed by atoms with van der Waals surface area (Å²) < 4.78 is 63.5. The van der Waals surface area contributed by atoms with E-state index in [-0.39, 0.29) is 23.0 Å². The number of rotatable bonds is 3. The van der Waals surface area contributed by atoms with Crippen LogP contribution in [0.5, 0.6) is 0 Å². The highest BCUT2D eigenvalue weighted by atomic mass is 19.4. The van der Waals surface area contributed by atoms with Gasteiger partial charge in [0.2, 0.25) is 0 Å². The Labute approximate surface area is 110 Å². The molecule has 0 N–H and O–H groups in total. The highest BCUT2D eigenvalue weighted by molar-refractivity contribution is 5.49. The summed E-state index contributed by atoms with van der Waals surface area (Å²) in [4.78, 5) is 3.81. The third kappa shape index (κ3) is 2.94. The molecule has 110 valence electrons. The summed E-state index contributed by atoms with van der Waals surface area (Å²) in [6.07, 6.45) is -4.49. The Bertz CT molecular complexity index is 612. The molecule has 0 atom stereocenters. The molecule has 0 saturated heterocycles. The maximum absolute atomic E-state index is 12.6. The Kier molecular flexibility index (Phi) is 3.48. The van der Waals surface area contributed by atoms with Crippen LogP contribution in [0.2, 0.25) is 0 Å². The molecule has 10 heteroatoms. The minimum Gasteiger partial charge on any atom is -0.235 e. The van der Waals surface area contributed by atoms with Gasteiger partial charge in [-0.2, -0.15) is 32.1 Å². The van der Waals surface area contributed by atoms with Crippen LogP contribution in [0.25, 0.3) is 11.5 Å². The van der Waals surface area contributed by atoms with Crippen molar-refractivity contribution in [3.63, 3.8) is 0 Å². The van der Waals surface area contributed by atoms with Gasteiger partial charge in [0.15, 0.2) is 5.82 Å². The van der Waals surface area contributed by atoms with E-state index in [1.807, 2.05) is 0 Å². The van der Waals surface area contributed by atoms with Crippen LogP contribution in [0.1, 0.15) is 18.1 Å². The molecule has 2 rings (SSSR count). The van der Waals surface area contributed by atoms with Crippen LogP contribution in [0, 0.1) is 13.8 Å². The van der Waals surface area contributed by atoms with Gasteiger partial charge in [-0.1, -0.05) is 0 Å². The van der Waals surface area contributed by atoms with E-state index in [2.05, 4.69) is 15.2 Å². The summed E-state index contributed by atoms with van der Waals surface area (Å²) in [6.45, 7) is -1.44. The minimum atomic E-state index is -4.49. The number of halogens is 5. The van der Waals surface area contributed by atoms with Gasteiger partial charge < -0.3 is 0 Å². The van der Waals surface area contributed by atoms with Crippen molar-refractivity contribution in [2.45, 2.75) is 33.1 Å². The van der Waals surface area contributed by atoms with E-state index in [9.17, 15) is 22.0 Å². The topological polar surface area (TPSA) is 48.5 Å². The fraction of sp³-hybridized carbons (Fsp3) is 0.500. The molecule has 0 aromatic carbocycles. The fourth-order valence-corrected chi connectivity index (χ4v) is 1.72. The minimum absolute atomic E-state index is 0.0762. The second-order valence-corrected chi connectivity index (χ2v) is 4.15. The summed E-state index contributed by atoms with van der Waals surface area (Å²) in [5.41, 5.74) is 0.0434. The molecule has 0 aliphatic rings. The van der Waals surface area contributed by atoms with E-state index in [0.717, 1.165) is 0 Å². The zero-order valence-corrected chi connectivity index (χ0v) is 10.5. The van der Waals surface area contributed by atoms with Crippen LogP contribution in [0.15, 0.2) is 6.07 Å². The Hall–Kier alpha value is -2.00. The maximum Gasteiger partial charge on any atom is 0.408 e. The van der Waals surface area contributed by atoms with E-state index in [4.69, 9.17) is 0 Å². The predicted molar refractivity (Wildman–Crippen MR) is 58.0 cm³/mol. The molecule has 20 heavy (non-hydrogen) atoms. The van der Waals surface area contributed by atoms with Crippen molar-refractivity contribution in [1.29, 1.82) is 0 Å². The molecule has 2 heterocycles. The highest BCUT2D eigenvalue weighted by Gasteiger charge is 2.31. The smallest absolute Gasteiger partial charge is 0.235 e. The SMILES string of the molecule is Cc1nc(-c2cc(C)n(C(F)F)n2)n(CC(F)(F)F)n1. The van der Waals surface area contributed by atoms with Crippen LogP contribution < -0.4 is 0 Å². The Morgan fingerprint density at radius 2 is 1.85 bits per heavy atom. The van der Waals surface area contributed by atoms with Crippen molar-refractivity contribution in [3.8, 4) is 11.5 Å². The molecule has 0 saturated carbocycles. The van der Waals surface area contributed by atoms with Crippen molar-refractivity contribution in [1.82, 2.24) is 24.5 Å². The third-order valence-corrected chi connectivity index (χ3v) is 2.44. The van der Waals surface area contributed by atoms with Gasteiger partial charge in [-0.25, -0.2) is 14.3 Å². The van der Waals surface area contributed by atoms with Gasteiger partial charge in [0.1, 0.15) is 18.1 Å². The summed E-state index contributed by atoms with van der Waals surface area (Å²) >= 11 is 0. The van der Waals surface area contributed by atoms with Gasteiger partial charge in [-0.3, -0.25) is 0 Å². The largest absolute Gasteiger partial charge is 0.408 e. The number of hydrogen-bond donors (Lipinski definition) is 0. The first kappa shape index (κ1) is 14.4. The molecule has 0 radical (unpaired) electrons. The van der Waals surface area contributed by atoms with Gasteiger partial charge in [-0.05, 0) is 19.9 Å². The summed E-state index contributed by atoms with van der Waals surface area (Å²) in [7, 11) is 0. The quantitative estimate of drug-likeness (QED) is 0.818. The number of alkyl halides is 5. The molecule has 0 fully saturated rings. The monoisotopic (exact) mass is 295 g/mol. The number of aromatic nitrogens is 5. The van der Waals surface area contributed by atoms with Crippen LogP contribution in [0.3, 0.4) is 0 Å². The number of nitrogens with zero attached hydrogens (tertiary/aromatic N) is 5. The van der Waals surface area contributed by atoms with Crippen molar-refractivity contribution in [3.05, 3.63) is 17.6 Å². The van der Waals surface area contributed by atoms with Crippen molar-refractivity contribution in [2.75, 3.05) is 0 Å². The molecule has 0 bridgehead atoms. The standard InChI is InChI=1S/C10H10F5N5/c1-5-3-7(18-20(5)9(11)12)8-16-6(2)17-19(8)4-10(13,14)15/h3,9H,4H2,1-2H3. The molecular weight excluding hydrogens is 285 g/mol. The molecule has 0 aliphatic heterocycles. The second-order valence-electron chi connectivity index (χ2n) is 4.15. The van der Waals surface area contributed by atoms with Gasteiger partial charge in [-0.15, -0.1) is 0 Å². The lowest BCUT2D eigenvalue weighted by Crippen LogP contribution is -2.19. The van der Waals surface area contributed by atoms with Crippen molar-refractivity contribution in [2.24, 2.45) is 0 Å². The van der Waals surface area contributed by atoms with Gasteiger partial charge in [0, 0.05) is 5.69 Å². The molecule has 2 aromatic rings. The van der Waals surface area contributed by atoms with Gasteiger partial charge in [0.05, 0.1) is 0 Å². The fourth-order valence-electron chi connectivity index (χ4n) is 1.72. The van der Waals surface area contributed by atoms with Crippen LogP contribution >= 0.6 is 0 Å². The lowest BCUT2D eigenvalue weighted by atomic mass is 10.3. The number of hydrogen-bond acceptors (Lipinski definition) is 3. The van der Waals surface area contributed by atoms with Crippen LogP contribution in [-0.4, -0.2) is 30.7 Å². The molecular formula is C10H10F5N5. The Morgan fingerprint density at radius 1 is 1.20 bits per heavy atom. The summed E-state index contributed by atoms with van der Waals surface area (Å²) in [5.74, 6) is -0.0872. The first-order chi connectivity index (χ1) is 9.17. The zero-order valence-electron chi connectivity index (χ0n) is 10.5. The molecule has 0 amide bonds. The van der Waals surface area contributed by atoms with E-state index < -0.39 is 19.3 Å². The van der Waals surface area contributed by atoms with Crippen molar-refractivity contribution < 1.29 is 22.0 Å². The zero-order chi connectivity index (χ0) is 15.1. The van der Waals surface area contributed by atoms with E-state index in [1.54, 1.807) is 0 Å². The molecule has 2 aromatic heterocycles. The van der Waals surface area contributed by atoms with Crippen LogP contribution in [-0.2, 0) is 6.54 Å². The van der Waals surface area contributed by atoms with Crippen molar-refractivity contribution >= 4 is 0 Å². The Balaban J connectivity index is 2.45. The lowest BCUT2D eigenvalue weighted by molar-refractivity contribution is -0.142. The first-order valence-electron chi connectivity index (χ1n) is 5.50. The first-order valence-corrected chi connectivity index (χ1v) is 5.50. The maximum atomic E-state index is 12.6. The van der Waals surface area contributed by atoms with Gasteiger partial charge in [0.25, 0.3) is 0 Å². The molecule has 0 spiro atoms. The van der Waals surface area contributed by atoms with Gasteiger partial charge >= 0.3 is 12.7 Å². The Morgan fingerprint density at radius 3 is 2.35 bits per heavy atom. The average Bonchev–Trinajstić information content (AvgIpc) is 2.79. The number of aryl methyl sites for hydroxylation is 2. The van der Waals surface area contributed by atoms with E-state index in [1.165, 1.54) is 19.9 Å².